The third-order valence-corrected chi connectivity index (χ3v) is 6.02. The summed E-state index contributed by atoms with van der Waals surface area (Å²) in [5.41, 5.74) is 1.12. The van der Waals surface area contributed by atoms with Crippen LogP contribution >= 0.6 is 11.8 Å². The van der Waals surface area contributed by atoms with E-state index in [4.69, 9.17) is 0 Å². The van der Waals surface area contributed by atoms with E-state index in [1.807, 2.05) is 11.0 Å². The fraction of sp³-hybridized carbons (Fsp3) is 0.438. The molecular formula is C16H22N4O6S2. The molecule has 12 heteroatoms. The number of carbonyl (C=O) groups is 3. The number of carboxylic acid groups (broad SMARTS) is 1. The fourth-order valence-corrected chi connectivity index (χ4v) is 4.33. The van der Waals surface area contributed by atoms with Gasteiger partial charge in [0.2, 0.25) is 5.91 Å². The van der Waals surface area contributed by atoms with E-state index in [1.165, 1.54) is 18.7 Å². The maximum atomic E-state index is 12.3. The van der Waals surface area contributed by atoms with Crippen molar-refractivity contribution in [3.05, 3.63) is 29.8 Å². The molecule has 0 radical (unpaired) electrons. The minimum atomic E-state index is -4.10. The normalized spacial score (nSPS) is 19.8. The third-order valence-electron chi connectivity index (χ3n) is 3.96. The summed E-state index contributed by atoms with van der Waals surface area (Å²) in [5, 5.41) is 14.6. The molecule has 154 valence electrons. The largest absolute Gasteiger partial charge is 0.480 e. The van der Waals surface area contributed by atoms with Gasteiger partial charge in [-0.25, -0.2) is 4.72 Å². The monoisotopic (exact) mass is 430 g/mol. The van der Waals surface area contributed by atoms with Crippen molar-refractivity contribution in [2.75, 3.05) is 17.3 Å². The Morgan fingerprint density at radius 2 is 1.96 bits per heavy atom. The number of anilines is 1. The number of amides is 2. The van der Waals surface area contributed by atoms with Crippen LogP contribution < -0.4 is 15.4 Å². The smallest absolute Gasteiger partial charge is 0.320 e. The fourth-order valence-electron chi connectivity index (χ4n) is 2.63. The Morgan fingerprint density at radius 3 is 2.50 bits per heavy atom. The summed E-state index contributed by atoms with van der Waals surface area (Å²) in [6.45, 7) is 1.22. The van der Waals surface area contributed by atoms with E-state index in [0.717, 1.165) is 4.31 Å². The molecule has 1 fully saturated rings. The van der Waals surface area contributed by atoms with Crippen LogP contribution in [0.5, 0.6) is 0 Å². The first kappa shape index (κ1) is 22.1. The van der Waals surface area contributed by atoms with Gasteiger partial charge in [-0.15, -0.1) is 0 Å². The van der Waals surface area contributed by atoms with E-state index >= 15 is 0 Å². The first-order valence-corrected chi connectivity index (χ1v) is 11.1. The Hall–Kier alpha value is -2.15. The van der Waals surface area contributed by atoms with Crippen LogP contribution in [-0.4, -0.2) is 59.8 Å². The number of carbonyl (C=O) groups excluding carboxylic acids is 2. The molecule has 2 amide bonds. The summed E-state index contributed by atoms with van der Waals surface area (Å²) < 4.78 is 27.4. The van der Waals surface area contributed by atoms with Crippen LogP contribution in [0.1, 0.15) is 18.9 Å². The Morgan fingerprint density at radius 1 is 1.32 bits per heavy atom. The molecular weight excluding hydrogens is 408 g/mol. The molecule has 2 atom stereocenters. The number of rotatable bonds is 9. The summed E-state index contributed by atoms with van der Waals surface area (Å²) >= 11 is 1.45. The summed E-state index contributed by atoms with van der Waals surface area (Å²) in [4.78, 5) is 34.7. The number of nitrogens with one attached hydrogen (secondary N) is 3. The van der Waals surface area contributed by atoms with Crippen LogP contribution in [0, 0.1) is 0 Å². The summed E-state index contributed by atoms with van der Waals surface area (Å²) in [6, 6.07) is 5.37. The molecule has 0 aliphatic carbocycles. The molecule has 1 saturated heterocycles. The van der Waals surface area contributed by atoms with Gasteiger partial charge in [0.15, 0.2) is 6.17 Å². The van der Waals surface area contributed by atoms with Gasteiger partial charge in [0.25, 0.3) is 5.91 Å². The van der Waals surface area contributed by atoms with Crippen LogP contribution in [0.15, 0.2) is 24.3 Å². The van der Waals surface area contributed by atoms with Crippen LogP contribution in [-0.2, 0) is 31.1 Å². The highest BCUT2D eigenvalue weighted by Gasteiger charge is 2.45. The van der Waals surface area contributed by atoms with Crippen LogP contribution in [0.3, 0.4) is 0 Å². The van der Waals surface area contributed by atoms with Crippen molar-refractivity contribution in [1.29, 1.82) is 0 Å². The maximum Gasteiger partial charge on any atom is 0.320 e. The number of hydrogen-bond donors (Lipinski definition) is 4. The van der Waals surface area contributed by atoms with Gasteiger partial charge in [-0.2, -0.15) is 24.5 Å². The lowest BCUT2D eigenvalue weighted by Gasteiger charge is -2.24. The predicted molar refractivity (Wildman–Crippen MR) is 105 cm³/mol. The Bertz CT molecular complexity index is 843. The van der Waals surface area contributed by atoms with Gasteiger partial charge >= 0.3 is 16.2 Å². The lowest BCUT2D eigenvalue weighted by Crippen LogP contribution is -2.52. The zero-order valence-electron chi connectivity index (χ0n) is 15.3. The van der Waals surface area contributed by atoms with Gasteiger partial charge in [0, 0.05) is 19.2 Å². The summed E-state index contributed by atoms with van der Waals surface area (Å²) in [6.07, 6.45) is 0.727. The van der Waals surface area contributed by atoms with Crippen molar-refractivity contribution in [2.24, 2.45) is 0 Å². The third kappa shape index (κ3) is 5.67. The van der Waals surface area contributed by atoms with Gasteiger partial charge in [-0.1, -0.05) is 12.1 Å². The molecule has 1 aromatic carbocycles. The van der Waals surface area contributed by atoms with E-state index in [-0.39, 0.29) is 18.9 Å². The molecule has 0 unspecified atom stereocenters. The number of hydrogen-bond acceptors (Lipinski definition) is 7. The van der Waals surface area contributed by atoms with Gasteiger partial charge in [0.1, 0.15) is 6.04 Å². The quantitative estimate of drug-likeness (QED) is 0.426. The molecule has 2 rings (SSSR count). The molecule has 0 bridgehead atoms. The molecule has 10 nitrogen and oxygen atoms in total. The number of carboxylic acids is 1. The average molecular weight is 431 g/mol. The maximum absolute atomic E-state index is 12.3. The predicted octanol–water partition coefficient (Wildman–Crippen LogP) is -0.0564. The molecule has 0 aromatic heterocycles. The minimum absolute atomic E-state index is 0.145. The molecule has 1 heterocycles. The zero-order valence-corrected chi connectivity index (χ0v) is 17.0. The SMILES string of the molecule is CSCC[C@H](N[C@H]1C(=O)NS(=O)(=O)N1Cc1ccc(NC(C)=O)cc1)C(=O)O. The Balaban J connectivity index is 2.19. The summed E-state index contributed by atoms with van der Waals surface area (Å²) in [5.74, 6) is -1.69. The number of aliphatic carboxylic acids is 1. The standard InChI is InChI=1S/C16H22N4O6S2/c1-10(21)17-12-5-3-11(4-6-12)9-20-14(15(22)19-28(20,25)26)18-13(16(23)24)7-8-27-2/h3-6,13-14,18H,7-9H2,1-2H3,(H,17,21)(H,19,22)(H,23,24)/t13-,14+/m0/s1. The number of nitrogens with zero attached hydrogens (tertiary/aromatic N) is 1. The van der Waals surface area contributed by atoms with Crippen LogP contribution in [0.2, 0.25) is 0 Å². The second kappa shape index (κ2) is 9.37. The molecule has 1 aliphatic heterocycles. The van der Waals surface area contributed by atoms with Crippen molar-refractivity contribution in [3.63, 3.8) is 0 Å². The summed E-state index contributed by atoms with van der Waals surface area (Å²) in [7, 11) is -4.10. The molecule has 0 saturated carbocycles. The highest BCUT2D eigenvalue weighted by Crippen LogP contribution is 2.19. The first-order valence-electron chi connectivity index (χ1n) is 8.32. The second-order valence-corrected chi connectivity index (χ2v) is 8.75. The van der Waals surface area contributed by atoms with Crippen molar-refractivity contribution in [3.8, 4) is 0 Å². The number of thioether (sulfide) groups is 1. The highest BCUT2D eigenvalue weighted by molar-refractivity contribution is 7.98. The van der Waals surface area contributed by atoms with E-state index < -0.39 is 34.3 Å². The minimum Gasteiger partial charge on any atom is -0.480 e. The Labute approximate surface area is 167 Å². The molecule has 4 N–H and O–H groups in total. The van der Waals surface area contributed by atoms with Gasteiger partial charge < -0.3 is 10.4 Å². The topological polar surface area (TPSA) is 145 Å². The van der Waals surface area contributed by atoms with Gasteiger partial charge in [-0.3, -0.25) is 19.7 Å². The lowest BCUT2D eigenvalue weighted by atomic mass is 10.2. The van der Waals surface area contributed by atoms with Crippen LogP contribution in [0.25, 0.3) is 0 Å². The molecule has 1 aliphatic rings. The van der Waals surface area contributed by atoms with Crippen LogP contribution in [0.4, 0.5) is 5.69 Å². The van der Waals surface area contributed by atoms with Crippen molar-refractivity contribution in [1.82, 2.24) is 14.3 Å². The van der Waals surface area contributed by atoms with E-state index in [2.05, 4.69) is 10.6 Å². The van der Waals surface area contributed by atoms with Crippen molar-refractivity contribution in [2.45, 2.75) is 32.1 Å². The molecule has 1 aromatic rings. The van der Waals surface area contributed by atoms with Crippen molar-refractivity contribution >= 4 is 45.4 Å². The highest BCUT2D eigenvalue weighted by atomic mass is 32.2. The second-order valence-electron chi connectivity index (χ2n) is 6.14. The van der Waals surface area contributed by atoms with E-state index in [1.54, 1.807) is 24.3 Å². The molecule has 28 heavy (non-hydrogen) atoms. The molecule has 0 spiro atoms. The van der Waals surface area contributed by atoms with E-state index in [9.17, 15) is 27.9 Å². The Kier molecular flexibility index (Phi) is 7.41. The average Bonchev–Trinajstić information content (AvgIpc) is 2.81. The van der Waals surface area contributed by atoms with Gasteiger partial charge in [-0.05, 0) is 36.1 Å². The zero-order chi connectivity index (χ0) is 20.9. The first-order chi connectivity index (χ1) is 13.1. The number of benzene rings is 1. The van der Waals surface area contributed by atoms with Crippen molar-refractivity contribution < 1.29 is 27.9 Å². The van der Waals surface area contributed by atoms with E-state index in [0.29, 0.717) is 17.0 Å². The van der Waals surface area contributed by atoms with Gasteiger partial charge in [0.05, 0.1) is 0 Å². The lowest BCUT2D eigenvalue weighted by molar-refractivity contribution is -0.140.